The zero-order valence-corrected chi connectivity index (χ0v) is 14.7. The second kappa shape index (κ2) is 7.72. The highest BCUT2D eigenvalue weighted by atomic mass is 32.2. The van der Waals surface area contributed by atoms with Crippen LogP contribution in [0.5, 0.6) is 0 Å². The Balaban J connectivity index is 3.38. The van der Waals surface area contributed by atoms with Gasteiger partial charge in [0.2, 0.25) is 0 Å². The molecule has 1 aromatic carbocycles. The average molecular weight is 406 g/mol. The van der Waals surface area contributed by atoms with Gasteiger partial charge in [-0.15, -0.1) is 0 Å². The van der Waals surface area contributed by atoms with Crippen molar-refractivity contribution in [2.45, 2.75) is 32.5 Å². The minimum Gasteiger partial charge on any atom is -0.395 e. The van der Waals surface area contributed by atoms with Crippen LogP contribution >= 0.6 is 0 Å². The largest absolute Gasteiger partial charge is 0.516 e. The summed E-state index contributed by atoms with van der Waals surface area (Å²) in [5, 5.41) is 3.60. The Labute approximate surface area is 146 Å². The van der Waals surface area contributed by atoms with Gasteiger partial charge < -0.3 is 4.84 Å². The van der Waals surface area contributed by atoms with Crippen molar-refractivity contribution in [1.29, 1.82) is 0 Å². The van der Waals surface area contributed by atoms with Gasteiger partial charge in [0.1, 0.15) is 6.61 Å². The number of rotatable bonds is 6. The van der Waals surface area contributed by atoms with Crippen LogP contribution in [0.3, 0.4) is 0 Å². The summed E-state index contributed by atoms with van der Waals surface area (Å²) in [4.78, 5) is 4.93. The lowest BCUT2D eigenvalue weighted by atomic mass is 10.1. The molecular formula is C14H16F6N2O3S. The zero-order valence-electron chi connectivity index (χ0n) is 13.9. The molecule has 12 heteroatoms. The number of nitrogens with zero attached hydrogens (tertiary/aromatic N) is 1. The zero-order chi connectivity index (χ0) is 20.3. The topological polar surface area (TPSA) is 67.8 Å². The lowest BCUT2D eigenvalue weighted by molar-refractivity contribution is -0.137. The molecule has 0 unspecified atom stereocenters. The minimum atomic E-state index is -5.92. The van der Waals surface area contributed by atoms with Gasteiger partial charge in [-0.1, -0.05) is 25.1 Å². The number of halogens is 6. The molecule has 0 amide bonds. The van der Waals surface area contributed by atoms with Crippen LogP contribution in [0.4, 0.5) is 32.0 Å². The first kappa shape index (κ1) is 22.1. The van der Waals surface area contributed by atoms with Gasteiger partial charge in [0.25, 0.3) is 0 Å². The van der Waals surface area contributed by atoms with Gasteiger partial charge >= 0.3 is 21.7 Å². The Hall–Kier alpha value is -1.98. The van der Waals surface area contributed by atoms with E-state index in [4.69, 9.17) is 4.84 Å². The van der Waals surface area contributed by atoms with E-state index < -0.39 is 33.0 Å². The predicted octanol–water partition coefficient (Wildman–Crippen LogP) is 4.36. The molecule has 0 spiro atoms. The van der Waals surface area contributed by atoms with E-state index >= 15 is 0 Å². The Morgan fingerprint density at radius 3 is 2.23 bits per heavy atom. The van der Waals surface area contributed by atoms with Crippen LogP contribution in [0.25, 0.3) is 0 Å². The van der Waals surface area contributed by atoms with Crippen LogP contribution in [0.15, 0.2) is 23.4 Å². The molecule has 0 aliphatic carbocycles. The van der Waals surface area contributed by atoms with Gasteiger partial charge in [0.15, 0.2) is 0 Å². The molecule has 0 aliphatic heterocycles. The molecule has 0 saturated heterocycles. The van der Waals surface area contributed by atoms with Gasteiger partial charge in [-0.05, 0) is 25.0 Å². The highest BCUT2D eigenvalue weighted by molar-refractivity contribution is 7.93. The van der Waals surface area contributed by atoms with E-state index in [1.165, 1.54) is 6.92 Å². The maximum Gasteiger partial charge on any atom is 0.516 e. The second-order valence-corrected chi connectivity index (χ2v) is 7.35. The van der Waals surface area contributed by atoms with E-state index in [1.807, 2.05) is 0 Å². The summed E-state index contributed by atoms with van der Waals surface area (Å²) in [6.45, 7) is 5.01. The van der Waals surface area contributed by atoms with Crippen molar-refractivity contribution in [3.63, 3.8) is 0 Å². The van der Waals surface area contributed by atoms with Crippen molar-refractivity contribution < 1.29 is 39.6 Å². The van der Waals surface area contributed by atoms with Crippen molar-refractivity contribution >= 4 is 21.4 Å². The lowest BCUT2D eigenvalue weighted by Crippen LogP contribution is -2.30. The maximum atomic E-state index is 12.8. The highest BCUT2D eigenvalue weighted by Crippen LogP contribution is 2.34. The first-order valence-corrected chi connectivity index (χ1v) is 8.60. The molecule has 5 nitrogen and oxygen atoms in total. The standard InChI is InChI=1S/C14H16F6N2O3S/c1-8(2)7-25-21-9(3)11-5-4-10(13(15,16)17)6-12(11)22-26(23,24)14(18,19)20/h4-6,8,22H,7H2,1-3H3/b21-9+. The summed E-state index contributed by atoms with van der Waals surface area (Å²) in [7, 11) is -5.92. The van der Waals surface area contributed by atoms with Gasteiger partial charge in [-0.25, -0.2) is 0 Å². The van der Waals surface area contributed by atoms with E-state index in [-0.39, 0.29) is 29.9 Å². The number of alkyl halides is 6. The molecule has 148 valence electrons. The summed E-state index contributed by atoms with van der Waals surface area (Å²) in [6, 6.07) is 1.68. The molecule has 1 rings (SSSR count). The fourth-order valence-corrected chi connectivity index (χ4v) is 2.23. The van der Waals surface area contributed by atoms with Gasteiger partial charge in [0, 0.05) is 5.56 Å². The maximum absolute atomic E-state index is 12.8. The minimum absolute atomic E-state index is 0.0716. The van der Waals surface area contributed by atoms with Crippen LogP contribution in [-0.2, 0) is 21.0 Å². The smallest absolute Gasteiger partial charge is 0.395 e. The van der Waals surface area contributed by atoms with Crippen LogP contribution in [0, 0.1) is 5.92 Å². The summed E-state index contributed by atoms with van der Waals surface area (Å²) in [6.07, 6.45) is -4.88. The molecule has 1 N–H and O–H groups in total. The van der Waals surface area contributed by atoms with E-state index in [0.717, 1.165) is 10.8 Å². The van der Waals surface area contributed by atoms with Crippen molar-refractivity contribution in [2.75, 3.05) is 11.3 Å². The number of benzene rings is 1. The summed E-state index contributed by atoms with van der Waals surface area (Å²) < 4.78 is 99.7. The van der Waals surface area contributed by atoms with Gasteiger partial charge in [-0.3, -0.25) is 4.72 Å². The first-order chi connectivity index (χ1) is 11.6. The van der Waals surface area contributed by atoms with Crippen molar-refractivity contribution in [2.24, 2.45) is 11.1 Å². The van der Waals surface area contributed by atoms with Gasteiger partial charge in [0.05, 0.1) is 17.0 Å². The van der Waals surface area contributed by atoms with Crippen LogP contribution in [-0.4, -0.2) is 26.2 Å². The normalized spacial score (nSPS) is 13.8. The molecule has 0 aromatic heterocycles. The second-order valence-electron chi connectivity index (χ2n) is 5.68. The van der Waals surface area contributed by atoms with Crippen molar-refractivity contribution in [1.82, 2.24) is 0 Å². The molecule has 0 bridgehead atoms. The SMILES string of the molecule is C/C(=N\OCC(C)C)c1ccc(C(F)(F)F)cc1NS(=O)(=O)C(F)(F)F. The molecule has 0 heterocycles. The average Bonchev–Trinajstić information content (AvgIpc) is 2.44. The number of nitrogens with one attached hydrogen (secondary N) is 1. The van der Waals surface area contributed by atoms with E-state index in [9.17, 15) is 34.8 Å². The van der Waals surface area contributed by atoms with Crippen molar-refractivity contribution in [3.8, 4) is 0 Å². The van der Waals surface area contributed by atoms with Crippen LogP contribution < -0.4 is 4.72 Å². The molecule has 0 fully saturated rings. The fraction of sp³-hybridized carbons (Fsp3) is 0.500. The third-order valence-corrected chi connectivity index (χ3v) is 3.99. The number of hydrogen-bond acceptors (Lipinski definition) is 4. The third-order valence-electron chi connectivity index (χ3n) is 2.90. The summed E-state index contributed by atoms with van der Waals surface area (Å²) >= 11 is 0. The number of anilines is 1. The molecule has 0 atom stereocenters. The molecule has 1 aromatic rings. The van der Waals surface area contributed by atoms with E-state index in [1.54, 1.807) is 13.8 Å². The quantitative estimate of drug-likeness (QED) is 0.434. The van der Waals surface area contributed by atoms with Gasteiger partial charge in [-0.2, -0.15) is 34.8 Å². The fourth-order valence-electron chi connectivity index (χ4n) is 1.66. The number of sulfonamides is 1. The first-order valence-electron chi connectivity index (χ1n) is 7.12. The Morgan fingerprint density at radius 2 is 1.77 bits per heavy atom. The Morgan fingerprint density at radius 1 is 1.19 bits per heavy atom. The molecular weight excluding hydrogens is 390 g/mol. The van der Waals surface area contributed by atoms with Crippen LogP contribution in [0.1, 0.15) is 31.9 Å². The number of hydrogen-bond donors (Lipinski definition) is 1. The van der Waals surface area contributed by atoms with Crippen molar-refractivity contribution in [3.05, 3.63) is 29.3 Å². The molecule has 0 radical (unpaired) electrons. The van der Waals surface area contributed by atoms with E-state index in [0.29, 0.717) is 6.07 Å². The monoisotopic (exact) mass is 406 g/mol. The Bertz CT molecular complexity index is 770. The highest BCUT2D eigenvalue weighted by Gasteiger charge is 2.46. The van der Waals surface area contributed by atoms with Crippen LogP contribution in [0.2, 0.25) is 0 Å². The lowest BCUT2D eigenvalue weighted by Gasteiger charge is -2.16. The predicted molar refractivity (Wildman–Crippen MR) is 83.0 cm³/mol. The number of oxime groups is 1. The summed E-state index contributed by atoms with van der Waals surface area (Å²) in [5.41, 5.74) is -8.31. The molecule has 0 aliphatic rings. The summed E-state index contributed by atoms with van der Waals surface area (Å²) in [5.74, 6) is 0.0716. The molecule has 26 heavy (non-hydrogen) atoms. The van der Waals surface area contributed by atoms with E-state index in [2.05, 4.69) is 5.16 Å². The Kier molecular flexibility index (Phi) is 6.55. The third kappa shape index (κ3) is 5.78. The molecule has 0 saturated carbocycles.